The minimum Gasteiger partial charge on any atom is -0.324 e. The van der Waals surface area contributed by atoms with Gasteiger partial charge in [-0.05, 0) is 95.3 Å². The van der Waals surface area contributed by atoms with Gasteiger partial charge in [-0.3, -0.25) is 4.79 Å². The van der Waals surface area contributed by atoms with Crippen LogP contribution >= 0.6 is 45.8 Å². The largest absolute Gasteiger partial charge is 0.324 e. The zero-order valence-electron chi connectivity index (χ0n) is 22.8. The van der Waals surface area contributed by atoms with Crippen LogP contribution in [0.15, 0.2) is 48.5 Å². The molecule has 1 saturated heterocycles. The first-order chi connectivity index (χ1) is 18.7. The molecule has 4 atom stereocenters. The molecule has 3 aromatic carbocycles. The van der Waals surface area contributed by atoms with Gasteiger partial charge in [-0.15, -0.1) is 0 Å². The lowest BCUT2D eigenvalue weighted by atomic mass is 9.62. The standard InChI is InChI=1S/C31H30Cl2F2IN3O/c1-16-12-24(17(2)11-23(16)36)38-29(40)28-26(19-7-6-8-21(33)27(19)35)31(15-37,25(39-28)14-30(3,4)5)20-10-9-18(32)13-22(20)34/h6-13,25-26,28,39H,14H2,1-5H3,(H,38,40). The van der Waals surface area contributed by atoms with Crippen molar-refractivity contribution in [3.05, 3.63) is 96.0 Å². The smallest absolute Gasteiger partial charge is 0.242 e. The van der Waals surface area contributed by atoms with Gasteiger partial charge in [-0.25, -0.2) is 8.78 Å². The van der Waals surface area contributed by atoms with Gasteiger partial charge in [0.1, 0.15) is 17.0 Å². The first kappa shape index (κ1) is 30.7. The predicted molar refractivity (Wildman–Crippen MR) is 165 cm³/mol. The van der Waals surface area contributed by atoms with Crippen LogP contribution in [0.4, 0.5) is 14.5 Å². The molecular weight excluding hydrogens is 666 g/mol. The number of carbonyl (C=O) groups is 1. The number of amides is 1. The third kappa shape index (κ3) is 5.74. The average molecular weight is 696 g/mol. The number of halogens is 5. The lowest BCUT2D eigenvalue weighted by Gasteiger charge is -2.37. The predicted octanol–water partition coefficient (Wildman–Crippen LogP) is 8.45. The molecule has 40 heavy (non-hydrogen) atoms. The molecule has 4 nitrogen and oxygen atoms in total. The average Bonchev–Trinajstić information content (AvgIpc) is 3.17. The van der Waals surface area contributed by atoms with Crippen molar-refractivity contribution in [2.24, 2.45) is 5.41 Å². The van der Waals surface area contributed by atoms with Crippen molar-refractivity contribution >= 4 is 57.4 Å². The minimum atomic E-state index is -1.67. The van der Waals surface area contributed by atoms with Crippen LogP contribution in [-0.4, -0.2) is 18.0 Å². The van der Waals surface area contributed by atoms with Crippen LogP contribution in [0.25, 0.3) is 0 Å². The van der Waals surface area contributed by atoms with Crippen LogP contribution in [0.1, 0.15) is 55.4 Å². The molecule has 1 fully saturated rings. The molecule has 0 aliphatic carbocycles. The van der Waals surface area contributed by atoms with E-state index in [-0.39, 0.29) is 26.6 Å². The molecule has 1 aliphatic heterocycles. The summed E-state index contributed by atoms with van der Waals surface area (Å²) in [6, 6.07) is 13.0. The van der Waals surface area contributed by atoms with Gasteiger partial charge in [0.15, 0.2) is 0 Å². The van der Waals surface area contributed by atoms with Crippen molar-refractivity contribution < 1.29 is 13.6 Å². The number of nitrogens with zero attached hydrogens (tertiary/aromatic N) is 1. The Hall–Kier alpha value is -2.25. The fraction of sp³-hybridized carbons (Fsp3) is 0.355. The molecule has 210 valence electrons. The molecule has 0 spiro atoms. The summed E-state index contributed by atoms with van der Waals surface area (Å²) in [6.07, 6.45) is 0.396. The number of anilines is 1. The van der Waals surface area contributed by atoms with Gasteiger partial charge in [0.25, 0.3) is 0 Å². The molecule has 0 bridgehead atoms. The highest BCUT2D eigenvalue weighted by molar-refractivity contribution is 14.1. The lowest BCUT2D eigenvalue weighted by Crippen LogP contribution is -2.45. The van der Waals surface area contributed by atoms with Crippen LogP contribution in [-0.2, 0) is 10.2 Å². The van der Waals surface area contributed by atoms with Gasteiger partial charge >= 0.3 is 0 Å². The Morgan fingerprint density at radius 1 is 1.12 bits per heavy atom. The van der Waals surface area contributed by atoms with Gasteiger partial charge in [0.05, 0.1) is 17.1 Å². The van der Waals surface area contributed by atoms with Crippen LogP contribution in [0.2, 0.25) is 10.0 Å². The number of aryl methyl sites for hydroxylation is 2. The zero-order chi connectivity index (χ0) is 29.6. The van der Waals surface area contributed by atoms with Crippen molar-refractivity contribution in [1.29, 1.82) is 5.26 Å². The van der Waals surface area contributed by atoms with Crippen LogP contribution in [0, 0.1) is 45.8 Å². The Bertz CT molecular complexity index is 1520. The number of hydrogen-bond acceptors (Lipinski definition) is 3. The number of hydrogen-bond donors (Lipinski definition) is 2. The summed E-state index contributed by atoms with van der Waals surface area (Å²) in [6.45, 7) is 9.82. The van der Waals surface area contributed by atoms with E-state index in [4.69, 9.17) is 23.2 Å². The second-order valence-corrected chi connectivity index (χ2v) is 13.6. The van der Waals surface area contributed by atoms with Gasteiger partial charge in [0.2, 0.25) is 5.91 Å². The van der Waals surface area contributed by atoms with Gasteiger partial charge < -0.3 is 10.6 Å². The summed E-state index contributed by atoms with van der Waals surface area (Å²) >= 11 is 14.5. The first-order valence-electron chi connectivity index (χ1n) is 12.8. The van der Waals surface area contributed by atoms with E-state index in [1.807, 2.05) is 46.8 Å². The van der Waals surface area contributed by atoms with E-state index in [1.165, 1.54) is 24.3 Å². The van der Waals surface area contributed by atoms with Gasteiger partial charge in [-0.1, -0.05) is 62.2 Å². The molecule has 0 saturated carbocycles. The van der Waals surface area contributed by atoms with E-state index in [0.29, 0.717) is 12.1 Å². The van der Waals surface area contributed by atoms with Crippen molar-refractivity contribution in [3.8, 4) is 6.07 Å². The molecule has 0 aromatic heterocycles. The number of rotatable bonds is 5. The Morgan fingerprint density at radius 3 is 2.45 bits per heavy atom. The van der Waals surface area contributed by atoms with E-state index in [0.717, 1.165) is 20.8 Å². The fourth-order valence-electron chi connectivity index (χ4n) is 5.68. The highest BCUT2D eigenvalue weighted by Gasteiger charge is 2.61. The Labute approximate surface area is 257 Å². The first-order valence-corrected chi connectivity index (χ1v) is 14.7. The molecule has 1 aliphatic rings. The number of benzene rings is 3. The molecule has 2 N–H and O–H groups in total. The maximum Gasteiger partial charge on any atom is 0.242 e. The number of carbonyl (C=O) groups excluding carboxylic acids is 1. The van der Waals surface area contributed by atoms with Crippen molar-refractivity contribution in [2.45, 2.75) is 64.5 Å². The summed E-state index contributed by atoms with van der Waals surface area (Å²) in [5.74, 6) is -3.03. The zero-order valence-corrected chi connectivity index (χ0v) is 26.5. The normalized spacial score (nSPS) is 22.7. The Morgan fingerprint density at radius 2 is 1.82 bits per heavy atom. The summed E-state index contributed by atoms with van der Waals surface area (Å²) < 4.78 is 32.6. The van der Waals surface area contributed by atoms with E-state index in [1.54, 1.807) is 6.07 Å². The van der Waals surface area contributed by atoms with Crippen molar-refractivity contribution in [3.63, 3.8) is 0 Å². The maximum atomic E-state index is 15.8. The van der Waals surface area contributed by atoms with Crippen molar-refractivity contribution in [1.82, 2.24) is 5.32 Å². The molecule has 1 heterocycles. The van der Waals surface area contributed by atoms with E-state index in [9.17, 15) is 10.1 Å². The highest BCUT2D eigenvalue weighted by atomic mass is 127. The Kier molecular flexibility index (Phi) is 8.87. The van der Waals surface area contributed by atoms with Crippen LogP contribution in [0.5, 0.6) is 0 Å². The molecule has 9 heteroatoms. The quantitative estimate of drug-likeness (QED) is 0.263. The number of nitrogens with one attached hydrogen (secondary N) is 2. The summed E-state index contributed by atoms with van der Waals surface area (Å²) in [4.78, 5) is 14.1. The molecular formula is C31H30Cl2F2IN3O. The second-order valence-electron chi connectivity index (χ2n) is 11.6. The summed E-state index contributed by atoms with van der Waals surface area (Å²) in [5, 5.41) is 17.3. The van der Waals surface area contributed by atoms with E-state index in [2.05, 4.69) is 39.3 Å². The monoisotopic (exact) mass is 695 g/mol. The second kappa shape index (κ2) is 11.6. The van der Waals surface area contributed by atoms with Crippen molar-refractivity contribution in [2.75, 3.05) is 5.32 Å². The Balaban J connectivity index is 1.97. The molecule has 3 aromatic rings. The highest BCUT2D eigenvalue weighted by Crippen LogP contribution is 2.53. The van der Waals surface area contributed by atoms with Crippen LogP contribution < -0.4 is 10.6 Å². The minimum absolute atomic E-state index is 0.0436. The molecule has 0 radical (unpaired) electrons. The maximum absolute atomic E-state index is 15.8. The third-order valence-electron chi connectivity index (χ3n) is 7.50. The fourth-order valence-corrected chi connectivity index (χ4v) is 6.65. The lowest BCUT2D eigenvalue weighted by molar-refractivity contribution is -0.118. The SMILES string of the molecule is Cc1cc(NC(=O)C2NC(CC(C)(C)C)C(C#N)(c3ccc(Cl)cc3F)C2c2cccc(Cl)c2F)c(C)cc1I. The summed E-state index contributed by atoms with van der Waals surface area (Å²) in [5.41, 5.74) is 0.549. The van der Waals surface area contributed by atoms with Gasteiger partial charge in [0, 0.05) is 31.8 Å². The van der Waals surface area contributed by atoms with E-state index >= 15 is 8.78 Å². The molecule has 1 amide bonds. The van der Waals surface area contributed by atoms with E-state index < -0.39 is 41.0 Å². The number of nitriles is 1. The summed E-state index contributed by atoms with van der Waals surface area (Å²) in [7, 11) is 0. The molecule has 4 rings (SSSR count). The molecule has 4 unspecified atom stereocenters. The topological polar surface area (TPSA) is 64.9 Å². The van der Waals surface area contributed by atoms with Gasteiger partial charge in [-0.2, -0.15) is 5.26 Å². The third-order valence-corrected chi connectivity index (χ3v) is 9.18. The van der Waals surface area contributed by atoms with Crippen LogP contribution in [0.3, 0.4) is 0 Å².